The number of carbonyl (C=O) groups excluding carboxylic acids is 1. The van der Waals surface area contributed by atoms with Crippen LogP contribution in [0.25, 0.3) is 11.0 Å². The molecule has 1 heterocycles. The van der Waals surface area contributed by atoms with Crippen LogP contribution in [0, 0.1) is 10.1 Å². The summed E-state index contributed by atoms with van der Waals surface area (Å²) in [6.07, 6.45) is 1.13. The first kappa shape index (κ1) is 17.0. The summed E-state index contributed by atoms with van der Waals surface area (Å²) < 4.78 is 1.46. The summed E-state index contributed by atoms with van der Waals surface area (Å²) in [5.74, 6) is -0.647. The fourth-order valence-corrected chi connectivity index (χ4v) is 2.30. The van der Waals surface area contributed by atoms with E-state index in [0.29, 0.717) is 11.0 Å². The van der Waals surface area contributed by atoms with Gasteiger partial charge in [0.05, 0.1) is 16.7 Å². The van der Waals surface area contributed by atoms with E-state index < -0.39 is 16.9 Å². The van der Waals surface area contributed by atoms with Gasteiger partial charge in [-0.15, -0.1) is 5.10 Å². The van der Waals surface area contributed by atoms with Crippen molar-refractivity contribution in [3.63, 3.8) is 0 Å². The van der Waals surface area contributed by atoms with E-state index in [1.807, 2.05) is 12.1 Å². The average Bonchev–Trinajstić information content (AvgIpc) is 3.06. The third-order valence-corrected chi connectivity index (χ3v) is 3.72. The molecular weight excluding hydrogens is 340 g/mol. The van der Waals surface area contributed by atoms with Crippen molar-refractivity contribution in [1.82, 2.24) is 20.4 Å². The standard InChI is InChI=1S/C16H14N6O4/c1-10(21-14-5-3-2-4-13(14)18-20-21)16(24)19-17-9-11-8-12(22(25)26)6-7-15(11)23/h2-10,23H,1H3,(H,19,24)/b17-9-/t10-/m1/s1. The molecule has 1 aromatic heterocycles. The number of rotatable bonds is 5. The summed E-state index contributed by atoms with van der Waals surface area (Å²) in [5.41, 5.74) is 3.60. The number of aromatic hydroxyl groups is 1. The Kier molecular flexibility index (Phi) is 4.56. The van der Waals surface area contributed by atoms with Crippen molar-refractivity contribution < 1.29 is 14.8 Å². The number of carbonyl (C=O) groups is 1. The minimum Gasteiger partial charge on any atom is -0.507 e. The van der Waals surface area contributed by atoms with Crippen LogP contribution in [0.2, 0.25) is 0 Å². The van der Waals surface area contributed by atoms with Crippen LogP contribution >= 0.6 is 0 Å². The first-order valence-electron chi connectivity index (χ1n) is 7.57. The summed E-state index contributed by atoms with van der Waals surface area (Å²) in [6.45, 7) is 1.64. The predicted molar refractivity (Wildman–Crippen MR) is 92.7 cm³/mol. The molecule has 0 aliphatic carbocycles. The van der Waals surface area contributed by atoms with Gasteiger partial charge in [-0.1, -0.05) is 17.3 Å². The molecule has 10 nitrogen and oxygen atoms in total. The van der Waals surface area contributed by atoms with Crippen molar-refractivity contribution in [2.75, 3.05) is 0 Å². The molecule has 0 spiro atoms. The van der Waals surface area contributed by atoms with Gasteiger partial charge in [-0.25, -0.2) is 10.1 Å². The Morgan fingerprint density at radius 2 is 2.15 bits per heavy atom. The number of fused-ring (bicyclic) bond motifs is 1. The van der Waals surface area contributed by atoms with Crippen LogP contribution in [0.1, 0.15) is 18.5 Å². The number of non-ortho nitro benzene ring substituents is 1. The number of amides is 1. The highest BCUT2D eigenvalue weighted by Crippen LogP contribution is 2.21. The maximum Gasteiger partial charge on any atom is 0.270 e. The fourth-order valence-electron chi connectivity index (χ4n) is 2.30. The predicted octanol–water partition coefficient (Wildman–Crippen LogP) is 1.76. The van der Waals surface area contributed by atoms with Crippen LogP contribution in [0.15, 0.2) is 47.6 Å². The molecule has 1 atom stereocenters. The summed E-state index contributed by atoms with van der Waals surface area (Å²) in [7, 11) is 0. The molecule has 26 heavy (non-hydrogen) atoms. The Balaban J connectivity index is 1.73. The van der Waals surface area contributed by atoms with E-state index in [4.69, 9.17) is 0 Å². The quantitative estimate of drug-likeness (QED) is 0.407. The molecule has 2 N–H and O–H groups in total. The maximum absolute atomic E-state index is 12.3. The van der Waals surface area contributed by atoms with Crippen LogP contribution in [0.3, 0.4) is 0 Å². The highest BCUT2D eigenvalue weighted by molar-refractivity contribution is 5.87. The van der Waals surface area contributed by atoms with Crippen molar-refractivity contribution in [2.24, 2.45) is 5.10 Å². The Hall–Kier alpha value is -3.82. The third-order valence-electron chi connectivity index (χ3n) is 3.72. The minimum atomic E-state index is -0.682. The van der Waals surface area contributed by atoms with Gasteiger partial charge < -0.3 is 5.11 Å². The van der Waals surface area contributed by atoms with Gasteiger partial charge in [0.2, 0.25) is 0 Å². The Bertz CT molecular complexity index is 1010. The number of hydrazone groups is 1. The molecule has 1 amide bonds. The molecule has 0 aliphatic heterocycles. The number of nitrogens with one attached hydrogen (secondary N) is 1. The largest absolute Gasteiger partial charge is 0.507 e. The van der Waals surface area contributed by atoms with Gasteiger partial charge in [0, 0.05) is 17.7 Å². The maximum atomic E-state index is 12.3. The molecule has 10 heteroatoms. The molecule has 3 aromatic rings. The van der Waals surface area contributed by atoms with Crippen LogP contribution in [0.4, 0.5) is 5.69 Å². The Morgan fingerprint density at radius 1 is 1.38 bits per heavy atom. The zero-order valence-electron chi connectivity index (χ0n) is 13.6. The van der Waals surface area contributed by atoms with E-state index in [1.54, 1.807) is 19.1 Å². The van der Waals surface area contributed by atoms with Crippen LogP contribution < -0.4 is 5.43 Å². The molecule has 0 unspecified atom stereocenters. The number of nitro benzene ring substituents is 1. The molecule has 132 valence electrons. The summed E-state index contributed by atoms with van der Waals surface area (Å²) >= 11 is 0. The van der Waals surface area contributed by atoms with Gasteiger partial charge in [0.15, 0.2) is 0 Å². The molecule has 0 radical (unpaired) electrons. The molecule has 0 saturated carbocycles. The van der Waals surface area contributed by atoms with E-state index in [0.717, 1.165) is 12.3 Å². The number of benzene rings is 2. The molecule has 0 fully saturated rings. The number of hydrogen-bond acceptors (Lipinski definition) is 7. The molecule has 3 rings (SSSR count). The number of para-hydroxylation sites is 1. The van der Waals surface area contributed by atoms with E-state index in [1.165, 1.54) is 16.8 Å². The van der Waals surface area contributed by atoms with E-state index in [9.17, 15) is 20.0 Å². The van der Waals surface area contributed by atoms with E-state index in [2.05, 4.69) is 20.8 Å². The second-order valence-electron chi connectivity index (χ2n) is 5.43. The second-order valence-corrected chi connectivity index (χ2v) is 5.43. The van der Waals surface area contributed by atoms with Crippen LogP contribution in [0.5, 0.6) is 5.75 Å². The van der Waals surface area contributed by atoms with E-state index in [-0.39, 0.29) is 17.0 Å². The van der Waals surface area contributed by atoms with Crippen molar-refractivity contribution in [1.29, 1.82) is 0 Å². The normalized spacial score (nSPS) is 12.3. The Morgan fingerprint density at radius 3 is 2.92 bits per heavy atom. The minimum absolute atomic E-state index is 0.110. The van der Waals surface area contributed by atoms with Crippen molar-refractivity contribution in [3.8, 4) is 5.75 Å². The first-order valence-corrected chi connectivity index (χ1v) is 7.57. The topological polar surface area (TPSA) is 136 Å². The SMILES string of the molecule is C[C@H](C(=O)N/N=C\c1cc([N+](=O)[O-])ccc1O)n1nnc2ccccc21. The van der Waals surface area contributed by atoms with Crippen molar-refractivity contribution in [2.45, 2.75) is 13.0 Å². The summed E-state index contributed by atoms with van der Waals surface area (Å²) in [5, 5.41) is 32.2. The lowest BCUT2D eigenvalue weighted by Crippen LogP contribution is -2.28. The van der Waals surface area contributed by atoms with Crippen molar-refractivity contribution in [3.05, 3.63) is 58.1 Å². The van der Waals surface area contributed by atoms with Gasteiger partial charge in [-0.2, -0.15) is 5.10 Å². The summed E-state index contributed by atoms with van der Waals surface area (Å²) in [6, 6.07) is 10.0. The first-order chi connectivity index (χ1) is 12.5. The highest BCUT2D eigenvalue weighted by Gasteiger charge is 2.18. The highest BCUT2D eigenvalue weighted by atomic mass is 16.6. The third kappa shape index (κ3) is 3.34. The Labute approximate surface area is 146 Å². The van der Waals surface area contributed by atoms with Gasteiger partial charge >= 0.3 is 0 Å². The lowest BCUT2D eigenvalue weighted by Gasteiger charge is -2.10. The van der Waals surface area contributed by atoms with Gasteiger partial charge in [0.25, 0.3) is 11.6 Å². The lowest BCUT2D eigenvalue weighted by atomic mass is 10.2. The van der Waals surface area contributed by atoms with Crippen molar-refractivity contribution >= 4 is 28.8 Å². The zero-order chi connectivity index (χ0) is 18.7. The summed E-state index contributed by atoms with van der Waals surface area (Å²) in [4.78, 5) is 22.4. The zero-order valence-corrected chi connectivity index (χ0v) is 13.6. The van der Waals surface area contributed by atoms with Crippen LogP contribution in [-0.4, -0.2) is 37.1 Å². The van der Waals surface area contributed by atoms with Gasteiger partial charge in [-0.05, 0) is 25.1 Å². The second kappa shape index (κ2) is 6.97. The number of phenols is 1. The molecule has 0 saturated heterocycles. The smallest absolute Gasteiger partial charge is 0.270 e. The number of aromatic nitrogens is 3. The van der Waals surface area contributed by atoms with Crippen LogP contribution in [-0.2, 0) is 4.79 Å². The number of phenolic OH excluding ortho intramolecular Hbond substituents is 1. The van der Waals surface area contributed by atoms with Gasteiger partial charge in [-0.3, -0.25) is 14.9 Å². The fraction of sp³-hybridized carbons (Fsp3) is 0.125. The number of hydrogen-bond donors (Lipinski definition) is 2. The molecule has 0 aliphatic rings. The van der Waals surface area contributed by atoms with E-state index >= 15 is 0 Å². The average molecular weight is 354 g/mol. The number of nitrogens with zero attached hydrogens (tertiary/aromatic N) is 5. The molecular formula is C16H14N6O4. The lowest BCUT2D eigenvalue weighted by molar-refractivity contribution is -0.384. The number of nitro groups is 1. The monoisotopic (exact) mass is 354 g/mol. The van der Waals surface area contributed by atoms with Gasteiger partial charge in [0.1, 0.15) is 17.3 Å². The molecule has 2 aromatic carbocycles. The molecule has 0 bridgehead atoms.